The number of methoxy groups -OCH3 is 1. The average Bonchev–Trinajstić information content (AvgIpc) is 3.29. The van der Waals surface area contributed by atoms with Crippen LogP contribution in [0.4, 0.5) is 0 Å². The van der Waals surface area contributed by atoms with Crippen molar-refractivity contribution in [2.75, 3.05) is 26.0 Å². The summed E-state index contributed by atoms with van der Waals surface area (Å²) < 4.78 is 32.6. The van der Waals surface area contributed by atoms with Gasteiger partial charge < -0.3 is 14.6 Å². The predicted molar refractivity (Wildman–Crippen MR) is 96.8 cm³/mol. The van der Waals surface area contributed by atoms with Crippen LogP contribution in [0.15, 0.2) is 10.6 Å². The average molecular weight is 375 g/mol. The number of carbonyl (C=O) groups is 1. The largest absolute Gasteiger partial charge is 0.383 e. The van der Waals surface area contributed by atoms with Crippen molar-refractivity contribution in [1.82, 2.24) is 14.8 Å². The van der Waals surface area contributed by atoms with E-state index in [9.17, 15) is 13.9 Å². The maximum atomic E-state index is 12.3. The summed E-state index contributed by atoms with van der Waals surface area (Å²) >= 11 is 0. The van der Waals surface area contributed by atoms with Gasteiger partial charge in [-0.2, -0.15) is 0 Å². The van der Waals surface area contributed by atoms with Crippen LogP contribution in [0.5, 0.6) is 0 Å². The number of hydrogen-bond acceptors (Lipinski definition) is 7. The summed E-state index contributed by atoms with van der Waals surface area (Å²) in [4.78, 5) is 12.3. The number of rotatable bonds is 7. The van der Waals surface area contributed by atoms with Gasteiger partial charge in [-0.05, 0) is 32.6 Å². The minimum Gasteiger partial charge on any atom is -0.383 e. The molecule has 1 aliphatic carbocycles. The number of carbonyl (C=O) groups excluding carboxylic acids is 1. The molecule has 1 unspecified atom stereocenters. The number of aromatic nitrogens is 1. The van der Waals surface area contributed by atoms with Crippen LogP contribution in [0.25, 0.3) is 0 Å². The maximum absolute atomic E-state index is 12.3. The number of amides is 1. The summed E-state index contributed by atoms with van der Waals surface area (Å²) in [5.74, 6) is 1.19. The van der Waals surface area contributed by atoms with E-state index in [1.54, 1.807) is 17.5 Å². The molecule has 2 aliphatic rings. The van der Waals surface area contributed by atoms with Crippen LogP contribution < -0.4 is 5.32 Å². The third-order valence-corrected chi connectivity index (χ3v) is 6.84. The molecule has 25 heavy (non-hydrogen) atoms. The van der Waals surface area contributed by atoms with E-state index in [2.05, 4.69) is 10.5 Å². The van der Waals surface area contributed by atoms with Crippen molar-refractivity contribution in [3.63, 3.8) is 0 Å². The van der Waals surface area contributed by atoms with Gasteiger partial charge in [0.25, 0.3) is 5.91 Å². The van der Waals surface area contributed by atoms with Gasteiger partial charge in [0, 0.05) is 39.1 Å². The third kappa shape index (κ3) is 4.53. The maximum Gasteiger partial charge on any atom is 0.273 e. The van der Waals surface area contributed by atoms with Crippen LogP contribution in [0.1, 0.15) is 56.2 Å². The zero-order valence-corrected chi connectivity index (χ0v) is 15.5. The Morgan fingerprint density at radius 1 is 1.52 bits per heavy atom. The highest BCUT2D eigenvalue weighted by Crippen LogP contribution is 2.46. The molecule has 9 heteroatoms. The Morgan fingerprint density at radius 2 is 2.28 bits per heavy atom. The fraction of sp³-hybridized carbons (Fsp3) is 0.750. The van der Waals surface area contributed by atoms with E-state index in [0.29, 0.717) is 37.6 Å². The monoisotopic (exact) mass is 375 g/mol. The van der Waals surface area contributed by atoms with Gasteiger partial charge >= 0.3 is 0 Å². The molecule has 1 amide bonds. The van der Waals surface area contributed by atoms with Gasteiger partial charge in [0.05, 0.1) is 12.4 Å². The second kappa shape index (κ2) is 7.63. The van der Waals surface area contributed by atoms with Crippen molar-refractivity contribution < 1.29 is 24.6 Å². The summed E-state index contributed by atoms with van der Waals surface area (Å²) in [5, 5.41) is 6.85. The molecule has 8 nitrogen and oxygen atoms in total. The van der Waals surface area contributed by atoms with Crippen molar-refractivity contribution >= 4 is 16.7 Å². The molecule has 2 fully saturated rings. The first-order valence-corrected chi connectivity index (χ1v) is 10.4. The molecule has 2 atom stereocenters. The molecule has 3 N–H and O–H groups in total. The summed E-state index contributed by atoms with van der Waals surface area (Å²) in [7, 11) is -1.29. The van der Waals surface area contributed by atoms with E-state index >= 15 is 0 Å². The molecule has 0 spiro atoms. The van der Waals surface area contributed by atoms with Gasteiger partial charge in [0.15, 0.2) is 5.69 Å². The van der Waals surface area contributed by atoms with Crippen LogP contribution in [-0.4, -0.2) is 62.6 Å². The predicted octanol–water partition coefficient (Wildman–Crippen LogP) is 2.69. The van der Waals surface area contributed by atoms with Crippen LogP contribution in [0, 0.1) is 0 Å². The van der Waals surface area contributed by atoms with Gasteiger partial charge in [0.2, 0.25) is 0 Å². The number of ether oxygens (including phenoxy) is 1. The van der Waals surface area contributed by atoms with Gasteiger partial charge in [-0.15, -0.1) is 10.8 Å². The highest BCUT2D eigenvalue weighted by molar-refractivity contribution is 8.22. The van der Waals surface area contributed by atoms with E-state index in [0.717, 1.165) is 18.6 Å². The smallest absolute Gasteiger partial charge is 0.273 e. The summed E-state index contributed by atoms with van der Waals surface area (Å²) in [5.41, 5.74) is 0.321. The topological polar surface area (TPSA) is 108 Å². The SMILES string of the molecule is COCCS(O)(O)N1CC[C@@H](NC(=O)c2cc(C3CC3)on2)CC1C.[HH]. The van der Waals surface area contributed by atoms with E-state index < -0.39 is 10.8 Å². The van der Waals surface area contributed by atoms with Crippen molar-refractivity contribution in [3.8, 4) is 0 Å². The number of nitrogens with zero attached hydrogens (tertiary/aromatic N) is 2. The second-order valence-electron chi connectivity index (χ2n) is 6.90. The Balaban J connectivity index is 0.00000243. The molecular formula is C16H29N3O5S. The molecule has 3 rings (SSSR count). The number of nitrogens with one attached hydrogen (secondary N) is 1. The Bertz CT molecular complexity index is 610. The Labute approximate surface area is 150 Å². The molecule has 1 aromatic rings. The molecule has 1 saturated heterocycles. The van der Waals surface area contributed by atoms with E-state index in [1.807, 2.05) is 6.92 Å². The van der Waals surface area contributed by atoms with Gasteiger partial charge in [-0.1, -0.05) is 5.16 Å². The van der Waals surface area contributed by atoms with Gasteiger partial charge in [-0.3, -0.25) is 13.9 Å². The van der Waals surface area contributed by atoms with Crippen LogP contribution >= 0.6 is 10.8 Å². The molecule has 144 valence electrons. The second-order valence-corrected chi connectivity index (χ2v) is 9.04. The van der Waals surface area contributed by atoms with Crippen molar-refractivity contribution in [3.05, 3.63) is 17.5 Å². The first kappa shape index (κ1) is 18.7. The summed E-state index contributed by atoms with van der Waals surface area (Å²) in [6, 6.07) is 1.67. The van der Waals surface area contributed by atoms with Crippen molar-refractivity contribution in [1.29, 1.82) is 0 Å². The lowest BCUT2D eigenvalue weighted by Gasteiger charge is -2.49. The molecule has 1 aliphatic heterocycles. The first-order valence-electron chi connectivity index (χ1n) is 8.70. The quantitative estimate of drug-likeness (QED) is 0.672. The minimum atomic E-state index is -2.83. The van der Waals surface area contributed by atoms with E-state index in [1.165, 1.54) is 0 Å². The van der Waals surface area contributed by atoms with Crippen LogP contribution in [0.3, 0.4) is 0 Å². The van der Waals surface area contributed by atoms with E-state index in [4.69, 9.17) is 9.26 Å². The molecule has 1 saturated carbocycles. The number of hydrogen-bond donors (Lipinski definition) is 3. The highest BCUT2D eigenvalue weighted by atomic mass is 32.3. The zero-order chi connectivity index (χ0) is 18.0. The Hall–Kier alpha value is -1.13. The van der Waals surface area contributed by atoms with Crippen LogP contribution in [-0.2, 0) is 4.74 Å². The normalized spacial score (nSPS) is 25.8. The standard InChI is InChI=1S/C16H27N3O5S.H2/c1-11-9-13(5-6-19(11)25(21,22)8-7-23-2)17-16(20)14-10-15(24-18-14)12-3-4-12;/h10-13,21-22H,3-9H2,1-2H3,(H,17,20);1H/t11?,13-;/m1./s1. The first-order chi connectivity index (χ1) is 11.9. The van der Waals surface area contributed by atoms with Gasteiger partial charge in [-0.25, -0.2) is 4.31 Å². The molecule has 0 bridgehead atoms. The van der Waals surface area contributed by atoms with Crippen molar-refractivity contribution in [2.45, 2.75) is 50.6 Å². The van der Waals surface area contributed by atoms with Gasteiger partial charge in [0.1, 0.15) is 5.76 Å². The lowest BCUT2D eigenvalue weighted by Crippen LogP contribution is -2.50. The molecule has 0 radical (unpaired) electrons. The summed E-state index contributed by atoms with van der Waals surface area (Å²) in [6.45, 7) is 2.77. The molecule has 2 heterocycles. The third-order valence-electron chi connectivity index (χ3n) is 4.83. The summed E-state index contributed by atoms with van der Waals surface area (Å²) in [6.07, 6.45) is 3.51. The lowest BCUT2D eigenvalue weighted by molar-refractivity contribution is 0.0902. The fourth-order valence-electron chi connectivity index (χ4n) is 3.24. The van der Waals surface area contributed by atoms with Crippen molar-refractivity contribution in [2.24, 2.45) is 0 Å². The Kier molecular flexibility index (Phi) is 5.69. The minimum absolute atomic E-state index is 0. The highest BCUT2D eigenvalue weighted by Gasteiger charge is 2.34. The van der Waals surface area contributed by atoms with Crippen LogP contribution in [0.2, 0.25) is 0 Å². The van der Waals surface area contributed by atoms with E-state index in [-0.39, 0.29) is 25.2 Å². The zero-order valence-electron chi connectivity index (χ0n) is 14.7. The number of piperidine rings is 1. The fourth-order valence-corrected chi connectivity index (χ4v) is 4.93. The molecular weight excluding hydrogens is 346 g/mol. The lowest BCUT2D eigenvalue weighted by atomic mass is 10.0. The molecule has 1 aromatic heterocycles. The Morgan fingerprint density at radius 3 is 2.92 bits per heavy atom. The molecule has 0 aromatic carbocycles.